The molecule has 0 aliphatic rings. The number of nitrogens with one attached hydrogen (secondary N) is 1. The number of ether oxygens (including phenoxy) is 1. The lowest BCUT2D eigenvalue weighted by Gasteiger charge is -2.12. The maximum Gasteiger partial charge on any atom is 0.179 e. The highest BCUT2D eigenvalue weighted by atomic mass is 79.9. The smallest absolute Gasteiger partial charge is 0.179 e. The minimum atomic E-state index is 0. The van der Waals surface area contributed by atoms with E-state index in [0.29, 0.717) is 0 Å². The van der Waals surface area contributed by atoms with Crippen LogP contribution >= 0.6 is 15.9 Å². The topological polar surface area (TPSA) is 150 Å². The van der Waals surface area contributed by atoms with Gasteiger partial charge in [0.25, 0.3) is 0 Å². The number of benzene rings is 8. The second kappa shape index (κ2) is 20.5. The van der Waals surface area contributed by atoms with E-state index in [9.17, 15) is 4.79 Å². The fourth-order valence-electron chi connectivity index (χ4n) is 13.0. The summed E-state index contributed by atoms with van der Waals surface area (Å²) in [4.78, 5) is 47.8. The summed E-state index contributed by atoms with van der Waals surface area (Å²) in [5.41, 5.74) is 15.8. The van der Waals surface area contributed by atoms with Gasteiger partial charge in [0.15, 0.2) is 5.43 Å². The number of H-pyrrole nitrogens is 1. The van der Waals surface area contributed by atoms with E-state index in [2.05, 4.69) is 138 Å². The zero-order valence-corrected chi connectivity index (χ0v) is 47.3. The van der Waals surface area contributed by atoms with Crippen molar-refractivity contribution in [1.82, 2.24) is 57.5 Å². The van der Waals surface area contributed by atoms with Crippen LogP contribution in [-0.2, 0) is 0 Å². The maximum atomic E-state index is 11.8. The van der Waals surface area contributed by atoms with Gasteiger partial charge in [0.2, 0.25) is 0 Å². The second-order valence-corrected chi connectivity index (χ2v) is 22.5. The first-order chi connectivity index (χ1) is 43.0. The van der Waals surface area contributed by atoms with Crippen molar-refractivity contribution in [2.45, 2.75) is 14.9 Å². The first-order valence-corrected chi connectivity index (χ1v) is 29.1. The van der Waals surface area contributed by atoms with Gasteiger partial charge in [0.05, 0.1) is 84.8 Å². The molecule has 0 saturated carbocycles. The van der Waals surface area contributed by atoms with Crippen LogP contribution in [0, 0.1) is 0 Å². The summed E-state index contributed by atoms with van der Waals surface area (Å²) in [5, 5.41) is 13.1. The molecule has 0 fully saturated rings. The number of para-hydroxylation sites is 8. The first kappa shape index (κ1) is 52.8. The number of pyridine rings is 8. The standard InChI is InChI=1S/C36H20N6O.C18H10BrN3.C18H11N3O.2CH4/c1-3-7-31-29(5-1)39-35-27-17-21(9-11-23(27)25-13-15-37-19-33(25)41(31)35)43-22-10-12-24-26-14-16-38-20-34(26)42-32-8-4-2-6-30(32)40-36(42)28(24)18-22;19-11-5-6-12-13-7-8-20-10-17(13)22-16-4-2-1-3-15(16)21-18(22)14(12)9-11;22-11-5-6-12-13-7-8-19-10-17(13)21-16-4-2-1-3-15(16)20-18(21)14(12)9-11;;/h1-20H;1-10H;1-10,19H;2*1H4. The normalized spacial score (nSPS) is 11.7. The molecule has 89 heavy (non-hydrogen) atoms. The molecule has 12 heterocycles. The largest absolute Gasteiger partial charge is 0.457 e. The zero-order valence-electron chi connectivity index (χ0n) is 45.7. The molecule has 424 valence electrons. The molecule has 1 N–H and O–H groups in total. The molecule has 12 aromatic heterocycles. The third kappa shape index (κ3) is 8.09. The average molecular weight is 1220 g/mol. The molecule has 0 spiro atoms. The van der Waals surface area contributed by atoms with E-state index < -0.39 is 0 Å². The maximum absolute atomic E-state index is 11.8. The molecule has 0 radical (unpaired) electrons. The predicted octanol–water partition coefficient (Wildman–Crippen LogP) is 18.2. The van der Waals surface area contributed by atoms with Crippen molar-refractivity contribution in [3.05, 3.63) is 258 Å². The molecule has 0 bridgehead atoms. The van der Waals surface area contributed by atoms with Crippen LogP contribution in [0.5, 0.6) is 11.5 Å². The lowest BCUT2D eigenvalue weighted by atomic mass is 10.1. The van der Waals surface area contributed by atoms with E-state index in [1.165, 1.54) is 10.8 Å². The van der Waals surface area contributed by atoms with Gasteiger partial charge in [-0.1, -0.05) is 85.4 Å². The van der Waals surface area contributed by atoms with Gasteiger partial charge < -0.3 is 9.72 Å². The van der Waals surface area contributed by atoms with Crippen LogP contribution < -0.4 is 10.2 Å². The Labute approximate surface area is 513 Å². The van der Waals surface area contributed by atoms with E-state index in [-0.39, 0.29) is 20.3 Å². The number of fused-ring (bicyclic) bond motifs is 32. The molecule has 0 atom stereocenters. The number of hydrogen-bond acceptors (Lipinski definition) is 9. The number of hydrogen-bond donors (Lipinski definition) is 1. The third-order valence-electron chi connectivity index (χ3n) is 16.8. The number of nitrogens with zero attached hydrogens (tertiary/aromatic N) is 11. The van der Waals surface area contributed by atoms with Crippen LogP contribution in [0.15, 0.2) is 253 Å². The Hall–Kier alpha value is -11.7. The van der Waals surface area contributed by atoms with Gasteiger partial charge in [0.1, 0.15) is 34.1 Å². The summed E-state index contributed by atoms with van der Waals surface area (Å²) >= 11 is 3.58. The fraction of sp³-hybridized carbons (Fsp3) is 0.0270. The molecule has 8 aromatic carbocycles. The van der Waals surface area contributed by atoms with Crippen LogP contribution in [0.3, 0.4) is 0 Å². The van der Waals surface area contributed by atoms with Crippen molar-refractivity contribution in [3.8, 4) is 11.5 Å². The Morgan fingerprint density at radius 1 is 0.337 bits per heavy atom. The van der Waals surface area contributed by atoms with Crippen molar-refractivity contribution in [1.29, 1.82) is 0 Å². The molecule has 0 saturated heterocycles. The minimum Gasteiger partial charge on any atom is -0.457 e. The Balaban J connectivity index is 0.000000117. The van der Waals surface area contributed by atoms with Crippen molar-refractivity contribution < 1.29 is 4.74 Å². The molecule has 0 aliphatic carbocycles. The van der Waals surface area contributed by atoms with Crippen LogP contribution in [0.1, 0.15) is 14.9 Å². The highest BCUT2D eigenvalue weighted by molar-refractivity contribution is 9.10. The highest BCUT2D eigenvalue weighted by Crippen LogP contribution is 2.39. The van der Waals surface area contributed by atoms with Crippen molar-refractivity contribution in [2.24, 2.45) is 0 Å². The fourth-order valence-corrected chi connectivity index (χ4v) is 13.4. The summed E-state index contributed by atoms with van der Waals surface area (Å²) in [6, 6.07) is 64.9. The third-order valence-corrected chi connectivity index (χ3v) is 17.3. The Morgan fingerprint density at radius 2 is 0.697 bits per heavy atom. The second-order valence-electron chi connectivity index (χ2n) is 21.6. The quantitative estimate of drug-likeness (QED) is 0.167. The molecule has 14 nitrogen and oxygen atoms in total. The van der Waals surface area contributed by atoms with E-state index in [0.717, 1.165) is 159 Å². The van der Waals surface area contributed by atoms with Crippen LogP contribution in [-0.4, -0.2) is 57.5 Å². The molecule has 15 heteroatoms. The first-order valence-electron chi connectivity index (χ1n) is 28.3. The minimum absolute atomic E-state index is 0. The molecule has 0 unspecified atom stereocenters. The van der Waals surface area contributed by atoms with Crippen molar-refractivity contribution >= 4 is 169 Å². The van der Waals surface area contributed by atoms with E-state index in [1.807, 2.05) is 147 Å². The van der Waals surface area contributed by atoms with E-state index in [1.54, 1.807) is 12.1 Å². The Kier molecular flexibility index (Phi) is 12.2. The lowest BCUT2D eigenvalue weighted by molar-refractivity contribution is 0.484. The molecule has 20 aromatic rings. The van der Waals surface area contributed by atoms with Crippen LogP contribution in [0.4, 0.5) is 0 Å². The van der Waals surface area contributed by atoms with Gasteiger partial charge in [0, 0.05) is 78.5 Å². The zero-order chi connectivity index (χ0) is 57.4. The Morgan fingerprint density at radius 3 is 1.13 bits per heavy atom. The van der Waals surface area contributed by atoms with E-state index in [4.69, 9.17) is 24.7 Å². The Bertz CT molecular complexity index is 6190. The van der Waals surface area contributed by atoms with Crippen LogP contribution in [0.25, 0.3) is 153 Å². The van der Waals surface area contributed by atoms with E-state index >= 15 is 0 Å². The number of rotatable bonds is 2. The summed E-state index contributed by atoms with van der Waals surface area (Å²) < 4.78 is 16.3. The molecular formula is C74H49BrN12O2. The number of imidazole rings is 4. The van der Waals surface area contributed by atoms with Gasteiger partial charge in [-0.05, 0) is 161 Å². The van der Waals surface area contributed by atoms with Crippen molar-refractivity contribution in [3.63, 3.8) is 0 Å². The van der Waals surface area contributed by atoms with Gasteiger partial charge >= 0.3 is 0 Å². The highest BCUT2D eigenvalue weighted by Gasteiger charge is 2.19. The van der Waals surface area contributed by atoms with Gasteiger partial charge in [-0.3, -0.25) is 37.3 Å². The summed E-state index contributed by atoms with van der Waals surface area (Å²) in [7, 11) is 0. The SMILES string of the molecule is Brc1ccc2c3ccncc3n3c4ccccc4nc3c2c1.C.C.O=c1ccc2c3cc[nH]cc3n3c4ccccc4nc3c2c1.c1ccc2c(c1)nc1c3cc(Oc4ccc5c6ccncc6n6c7ccccc7nc6c5c4)ccc3c3ccncc3n21. The van der Waals surface area contributed by atoms with Gasteiger partial charge in [-0.2, -0.15) is 0 Å². The monoisotopic (exact) mass is 1220 g/mol. The molecule has 0 aliphatic heterocycles. The van der Waals surface area contributed by atoms with Crippen LogP contribution in [0.2, 0.25) is 0 Å². The average Bonchev–Trinajstić information content (AvgIpc) is 1.77. The van der Waals surface area contributed by atoms with Gasteiger partial charge in [-0.15, -0.1) is 0 Å². The molecule has 0 amide bonds. The number of aromatic amines is 1. The predicted molar refractivity (Wildman–Crippen MR) is 366 cm³/mol. The lowest BCUT2D eigenvalue weighted by Crippen LogP contribution is -1.98. The van der Waals surface area contributed by atoms with Gasteiger partial charge in [-0.25, -0.2) is 19.9 Å². The summed E-state index contributed by atoms with van der Waals surface area (Å²) in [6.45, 7) is 0. The molecule has 20 rings (SSSR count). The molecular weight excluding hydrogens is 1170 g/mol. The number of aromatic nitrogens is 12. The summed E-state index contributed by atoms with van der Waals surface area (Å²) in [5.74, 6) is 1.48. The van der Waals surface area contributed by atoms with Crippen molar-refractivity contribution in [2.75, 3.05) is 0 Å². The summed E-state index contributed by atoms with van der Waals surface area (Å²) in [6.07, 6.45) is 15.1. The number of halogens is 1.